The molecule has 0 aromatic rings. The molecule has 0 aromatic heterocycles. The molecule has 0 saturated carbocycles. The van der Waals surface area contributed by atoms with E-state index >= 15 is 0 Å². The van der Waals surface area contributed by atoms with Crippen LogP contribution in [0.25, 0.3) is 0 Å². The van der Waals surface area contributed by atoms with Crippen LogP contribution < -0.4 is 11.5 Å². The largest absolute Gasteiger partial charge is 0.412 e. The van der Waals surface area contributed by atoms with Crippen LogP contribution in [0.5, 0.6) is 0 Å². The Balaban J connectivity index is 0.00000196. The SMILES string of the molecule is CC1(CCCN)OCCOC1CCN.O. The number of hydrogen-bond acceptors (Lipinski definition) is 4. The Morgan fingerprint density at radius 2 is 2.00 bits per heavy atom. The van der Waals surface area contributed by atoms with Crippen LogP contribution in [0.2, 0.25) is 0 Å². The molecule has 1 fully saturated rings. The third kappa shape index (κ3) is 4.04. The lowest BCUT2D eigenvalue weighted by Crippen LogP contribution is -2.49. The smallest absolute Gasteiger partial charge is 0.0917 e. The van der Waals surface area contributed by atoms with Gasteiger partial charge in [0.05, 0.1) is 24.9 Å². The maximum absolute atomic E-state index is 5.80. The molecular weight excluding hydrogens is 196 g/mol. The molecule has 0 bridgehead atoms. The van der Waals surface area contributed by atoms with E-state index in [2.05, 4.69) is 6.92 Å². The quantitative estimate of drug-likeness (QED) is 0.647. The second kappa shape index (κ2) is 7.14. The van der Waals surface area contributed by atoms with Gasteiger partial charge in [0, 0.05) is 0 Å². The molecule has 0 amide bonds. The van der Waals surface area contributed by atoms with E-state index in [0.717, 1.165) is 19.3 Å². The molecule has 1 aliphatic heterocycles. The average molecular weight is 220 g/mol. The minimum Gasteiger partial charge on any atom is -0.412 e. The Morgan fingerprint density at radius 1 is 1.27 bits per heavy atom. The summed E-state index contributed by atoms with van der Waals surface area (Å²) in [7, 11) is 0. The molecule has 15 heavy (non-hydrogen) atoms. The molecule has 0 spiro atoms. The number of rotatable bonds is 5. The average Bonchev–Trinajstić information content (AvgIpc) is 2.19. The molecule has 2 atom stereocenters. The van der Waals surface area contributed by atoms with Crippen molar-refractivity contribution in [2.75, 3.05) is 26.3 Å². The van der Waals surface area contributed by atoms with Gasteiger partial charge in [-0.2, -0.15) is 0 Å². The van der Waals surface area contributed by atoms with Crippen LogP contribution in [0, 0.1) is 0 Å². The first-order valence-corrected chi connectivity index (χ1v) is 5.38. The molecule has 2 unspecified atom stereocenters. The predicted molar refractivity (Wildman–Crippen MR) is 59.7 cm³/mol. The number of hydrogen-bond donors (Lipinski definition) is 2. The summed E-state index contributed by atoms with van der Waals surface area (Å²) in [4.78, 5) is 0. The van der Waals surface area contributed by atoms with Gasteiger partial charge in [-0.1, -0.05) is 0 Å². The highest BCUT2D eigenvalue weighted by Gasteiger charge is 2.37. The van der Waals surface area contributed by atoms with E-state index in [1.165, 1.54) is 0 Å². The van der Waals surface area contributed by atoms with Crippen LogP contribution in [-0.2, 0) is 9.47 Å². The maximum atomic E-state index is 5.80. The first kappa shape index (κ1) is 14.8. The van der Waals surface area contributed by atoms with Crippen molar-refractivity contribution in [2.24, 2.45) is 11.5 Å². The summed E-state index contributed by atoms with van der Waals surface area (Å²) in [6.45, 7) is 4.81. The van der Waals surface area contributed by atoms with Gasteiger partial charge in [0.1, 0.15) is 0 Å². The van der Waals surface area contributed by atoms with Gasteiger partial charge in [0.25, 0.3) is 0 Å². The Kier molecular flexibility index (Phi) is 7.04. The van der Waals surface area contributed by atoms with E-state index in [-0.39, 0.29) is 17.2 Å². The zero-order valence-corrected chi connectivity index (χ0v) is 9.50. The summed E-state index contributed by atoms with van der Waals surface area (Å²) in [6.07, 6.45) is 2.92. The molecule has 6 N–H and O–H groups in total. The highest BCUT2D eigenvalue weighted by Crippen LogP contribution is 2.29. The fourth-order valence-corrected chi connectivity index (χ4v) is 1.96. The summed E-state index contributed by atoms with van der Waals surface area (Å²) >= 11 is 0. The first-order chi connectivity index (χ1) is 6.73. The predicted octanol–water partition coefficient (Wildman–Crippen LogP) is -0.576. The minimum absolute atomic E-state index is 0. The third-order valence-electron chi connectivity index (χ3n) is 2.82. The maximum Gasteiger partial charge on any atom is 0.0917 e. The van der Waals surface area contributed by atoms with E-state index in [0.29, 0.717) is 26.3 Å². The molecule has 5 nitrogen and oxygen atoms in total. The Hall–Kier alpha value is -0.200. The normalized spacial score (nSPS) is 31.0. The van der Waals surface area contributed by atoms with Crippen molar-refractivity contribution in [2.45, 2.75) is 37.9 Å². The van der Waals surface area contributed by atoms with Crippen LogP contribution in [-0.4, -0.2) is 43.5 Å². The topological polar surface area (TPSA) is 102 Å². The van der Waals surface area contributed by atoms with E-state index < -0.39 is 0 Å². The minimum atomic E-state index is -0.184. The fourth-order valence-electron chi connectivity index (χ4n) is 1.96. The van der Waals surface area contributed by atoms with Crippen LogP contribution in [0.1, 0.15) is 26.2 Å². The molecule has 92 valence electrons. The van der Waals surface area contributed by atoms with Crippen molar-refractivity contribution < 1.29 is 14.9 Å². The zero-order valence-electron chi connectivity index (χ0n) is 9.50. The summed E-state index contributed by atoms with van der Waals surface area (Å²) in [6, 6.07) is 0. The molecule has 1 saturated heterocycles. The fraction of sp³-hybridized carbons (Fsp3) is 1.00. The van der Waals surface area contributed by atoms with Crippen LogP contribution in [0.15, 0.2) is 0 Å². The second-order valence-corrected chi connectivity index (χ2v) is 3.99. The standard InChI is InChI=1S/C10H22N2O2.H2O/c1-10(4-2-5-11)9(3-6-12)13-7-8-14-10;/h9H,2-8,11-12H2,1H3;1H2. The Bertz CT molecular complexity index is 167. The van der Waals surface area contributed by atoms with Crippen molar-refractivity contribution in [3.63, 3.8) is 0 Å². The summed E-state index contributed by atoms with van der Waals surface area (Å²) in [5, 5.41) is 0. The lowest BCUT2D eigenvalue weighted by atomic mass is 9.90. The molecule has 5 heteroatoms. The van der Waals surface area contributed by atoms with Gasteiger partial charge in [-0.25, -0.2) is 0 Å². The van der Waals surface area contributed by atoms with Gasteiger partial charge >= 0.3 is 0 Å². The van der Waals surface area contributed by atoms with Gasteiger partial charge in [-0.05, 0) is 39.3 Å². The molecule has 1 rings (SSSR count). The lowest BCUT2D eigenvalue weighted by Gasteiger charge is -2.41. The monoisotopic (exact) mass is 220 g/mol. The van der Waals surface area contributed by atoms with Crippen molar-refractivity contribution in [3.05, 3.63) is 0 Å². The van der Waals surface area contributed by atoms with E-state index in [1.807, 2.05) is 0 Å². The summed E-state index contributed by atoms with van der Waals surface area (Å²) in [5.41, 5.74) is 10.9. The molecule has 1 aliphatic rings. The lowest BCUT2D eigenvalue weighted by molar-refractivity contribution is -0.199. The van der Waals surface area contributed by atoms with Gasteiger partial charge in [-0.3, -0.25) is 0 Å². The van der Waals surface area contributed by atoms with Gasteiger partial charge in [0.15, 0.2) is 0 Å². The number of nitrogens with two attached hydrogens (primary N) is 2. The van der Waals surface area contributed by atoms with Crippen molar-refractivity contribution >= 4 is 0 Å². The number of ether oxygens (including phenoxy) is 2. The van der Waals surface area contributed by atoms with Crippen LogP contribution in [0.4, 0.5) is 0 Å². The summed E-state index contributed by atoms with van der Waals surface area (Å²) in [5.74, 6) is 0. The molecule has 0 aromatic carbocycles. The van der Waals surface area contributed by atoms with Crippen LogP contribution in [0.3, 0.4) is 0 Å². The van der Waals surface area contributed by atoms with Crippen LogP contribution >= 0.6 is 0 Å². The molecule has 0 aliphatic carbocycles. The van der Waals surface area contributed by atoms with E-state index in [9.17, 15) is 0 Å². The van der Waals surface area contributed by atoms with E-state index in [4.69, 9.17) is 20.9 Å². The third-order valence-corrected chi connectivity index (χ3v) is 2.82. The van der Waals surface area contributed by atoms with Crippen molar-refractivity contribution in [3.8, 4) is 0 Å². The highest BCUT2D eigenvalue weighted by molar-refractivity contribution is 4.87. The second-order valence-electron chi connectivity index (χ2n) is 3.99. The highest BCUT2D eigenvalue weighted by atomic mass is 16.6. The Labute approximate surface area is 91.4 Å². The van der Waals surface area contributed by atoms with Gasteiger partial charge in [0.2, 0.25) is 0 Å². The van der Waals surface area contributed by atoms with Gasteiger partial charge in [-0.15, -0.1) is 0 Å². The molecule has 1 heterocycles. The first-order valence-electron chi connectivity index (χ1n) is 5.38. The van der Waals surface area contributed by atoms with E-state index in [1.54, 1.807) is 0 Å². The molecular formula is C10H24N2O3. The van der Waals surface area contributed by atoms with Crippen molar-refractivity contribution in [1.82, 2.24) is 0 Å². The zero-order chi connectivity index (χ0) is 10.4. The summed E-state index contributed by atoms with van der Waals surface area (Å²) < 4.78 is 11.5. The Morgan fingerprint density at radius 3 is 2.60 bits per heavy atom. The van der Waals surface area contributed by atoms with Gasteiger partial charge < -0.3 is 26.4 Å². The van der Waals surface area contributed by atoms with Crippen molar-refractivity contribution in [1.29, 1.82) is 0 Å². The molecule has 0 radical (unpaired) electrons.